The molecule has 3 nitrogen and oxygen atoms in total. The molecule has 0 fully saturated rings. The summed E-state index contributed by atoms with van der Waals surface area (Å²) >= 11 is 6.02. The average Bonchev–Trinajstić information content (AvgIpc) is 2.57. The van der Waals surface area contributed by atoms with Crippen LogP contribution in [0.5, 0.6) is 0 Å². The van der Waals surface area contributed by atoms with Crippen LogP contribution in [0.15, 0.2) is 13.2 Å². The van der Waals surface area contributed by atoms with E-state index in [4.69, 9.17) is 0 Å². The topological polar surface area (TPSA) is 46.2 Å². The van der Waals surface area contributed by atoms with Gasteiger partial charge in [0.2, 0.25) is 5.91 Å². The van der Waals surface area contributed by atoms with Crippen LogP contribution in [0.4, 0.5) is 0 Å². The van der Waals surface area contributed by atoms with Crippen molar-refractivity contribution in [3.05, 3.63) is 8.85 Å². The number of hydrogen-bond donors (Lipinski definition) is 1. The standard InChI is InChI=1S/C9H11NO2S4/c1-2-10-6(11)3-5-4-13-7-8(14-5)16-9(12)15-7/h5H,2-4H2,1H3,(H,10,11). The second-order valence-corrected chi connectivity index (χ2v) is 8.32. The summed E-state index contributed by atoms with van der Waals surface area (Å²) in [5, 5.41) is 3.11. The highest BCUT2D eigenvalue weighted by Crippen LogP contribution is 2.45. The average molecular weight is 293 g/mol. The van der Waals surface area contributed by atoms with E-state index in [2.05, 4.69) is 5.32 Å². The molecule has 0 saturated carbocycles. The zero-order chi connectivity index (χ0) is 11.5. The van der Waals surface area contributed by atoms with Gasteiger partial charge in [-0.2, -0.15) is 0 Å². The highest BCUT2D eigenvalue weighted by atomic mass is 32.2. The van der Waals surface area contributed by atoms with Crippen molar-refractivity contribution >= 4 is 52.1 Å². The first-order valence-electron chi connectivity index (χ1n) is 4.89. The zero-order valence-corrected chi connectivity index (χ0v) is 11.9. The Balaban J connectivity index is 1.97. The van der Waals surface area contributed by atoms with Crippen molar-refractivity contribution < 1.29 is 4.79 Å². The number of thioether (sulfide) groups is 2. The molecule has 0 aromatic carbocycles. The molecule has 1 aliphatic heterocycles. The van der Waals surface area contributed by atoms with E-state index in [1.54, 1.807) is 23.5 Å². The fourth-order valence-electron chi connectivity index (χ4n) is 1.35. The van der Waals surface area contributed by atoms with E-state index in [0.29, 0.717) is 18.2 Å². The van der Waals surface area contributed by atoms with Crippen molar-refractivity contribution in [1.82, 2.24) is 5.32 Å². The van der Waals surface area contributed by atoms with E-state index in [9.17, 15) is 9.59 Å². The number of hydrogen-bond acceptors (Lipinski definition) is 6. The van der Waals surface area contributed by atoms with Gasteiger partial charge in [0.25, 0.3) is 4.06 Å². The van der Waals surface area contributed by atoms with Gasteiger partial charge in [-0.1, -0.05) is 22.7 Å². The lowest BCUT2D eigenvalue weighted by molar-refractivity contribution is -0.120. The molecule has 0 saturated heterocycles. The Bertz CT molecular complexity index is 439. The quantitative estimate of drug-likeness (QED) is 0.928. The van der Waals surface area contributed by atoms with Crippen molar-refractivity contribution in [3.63, 3.8) is 0 Å². The molecule has 0 bridgehead atoms. The predicted octanol–water partition coefficient (Wildman–Crippen LogP) is 2.26. The third-order valence-corrected chi connectivity index (χ3v) is 7.58. The van der Waals surface area contributed by atoms with Crippen LogP contribution in [-0.2, 0) is 4.79 Å². The van der Waals surface area contributed by atoms with E-state index >= 15 is 0 Å². The summed E-state index contributed by atoms with van der Waals surface area (Å²) < 4.78 is 2.39. The van der Waals surface area contributed by atoms with Crippen molar-refractivity contribution in [2.75, 3.05) is 12.3 Å². The Morgan fingerprint density at radius 3 is 2.94 bits per heavy atom. The van der Waals surface area contributed by atoms with Gasteiger partial charge in [0.1, 0.15) is 0 Å². The minimum atomic E-state index is 0.103. The maximum atomic E-state index is 11.4. The van der Waals surface area contributed by atoms with E-state index < -0.39 is 0 Å². The van der Waals surface area contributed by atoms with E-state index in [0.717, 1.165) is 14.2 Å². The number of rotatable bonds is 3. The monoisotopic (exact) mass is 293 g/mol. The molecule has 1 aromatic rings. The predicted molar refractivity (Wildman–Crippen MR) is 72.1 cm³/mol. The number of fused-ring (bicyclic) bond motifs is 1. The lowest BCUT2D eigenvalue weighted by Crippen LogP contribution is -2.27. The number of nitrogens with one attached hydrogen (secondary N) is 1. The van der Waals surface area contributed by atoms with E-state index in [-0.39, 0.29) is 9.96 Å². The minimum Gasteiger partial charge on any atom is -0.356 e. The van der Waals surface area contributed by atoms with E-state index in [1.807, 2.05) is 6.92 Å². The van der Waals surface area contributed by atoms with Gasteiger partial charge in [-0.15, -0.1) is 23.5 Å². The molecule has 1 unspecified atom stereocenters. The lowest BCUT2D eigenvalue weighted by Gasteiger charge is -2.19. The Kier molecular flexibility index (Phi) is 4.34. The first-order chi connectivity index (χ1) is 7.69. The molecular weight excluding hydrogens is 282 g/mol. The Labute approximate surface area is 110 Å². The summed E-state index contributed by atoms with van der Waals surface area (Å²) in [5.41, 5.74) is 0. The molecule has 7 heteroatoms. The molecule has 1 amide bonds. The third kappa shape index (κ3) is 3.03. The van der Waals surface area contributed by atoms with Crippen molar-refractivity contribution in [1.29, 1.82) is 0 Å². The highest BCUT2D eigenvalue weighted by molar-refractivity contribution is 8.08. The molecule has 88 valence electrons. The van der Waals surface area contributed by atoms with Crippen LogP contribution < -0.4 is 9.37 Å². The highest BCUT2D eigenvalue weighted by Gasteiger charge is 2.24. The van der Waals surface area contributed by atoms with E-state index in [1.165, 1.54) is 22.7 Å². The Hall–Kier alpha value is 0.0200. The van der Waals surface area contributed by atoms with Crippen LogP contribution in [0.25, 0.3) is 0 Å². The van der Waals surface area contributed by atoms with Crippen LogP contribution in [0, 0.1) is 0 Å². The minimum absolute atomic E-state index is 0.103. The van der Waals surface area contributed by atoms with Crippen molar-refractivity contribution in [2.24, 2.45) is 0 Å². The van der Waals surface area contributed by atoms with Gasteiger partial charge in [-0.3, -0.25) is 9.59 Å². The van der Waals surface area contributed by atoms with Gasteiger partial charge in [-0.05, 0) is 6.92 Å². The van der Waals surface area contributed by atoms with Crippen LogP contribution in [0.1, 0.15) is 13.3 Å². The van der Waals surface area contributed by atoms with Crippen LogP contribution in [0.2, 0.25) is 0 Å². The Morgan fingerprint density at radius 2 is 2.19 bits per heavy atom. The summed E-state index contributed by atoms with van der Waals surface area (Å²) in [6.07, 6.45) is 0.543. The maximum Gasteiger partial charge on any atom is 0.289 e. The Morgan fingerprint density at radius 1 is 1.44 bits per heavy atom. The summed E-state index contributed by atoms with van der Waals surface area (Å²) in [7, 11) is 0. The molecular formula is C9H11NO2S4. The first kappa shape index (κ1) is 12.5. The summed E-state index contributed by atoms with van der Waals surface area (Å²) in [5.74, 6) is 1.02. The van der Waals surface area contributed by atoms with Gasteiger partial charge in [0.15, 0.2) is 0 Å². The SMILES string of the molecule is CCNC(=O)CC1CSc2sc(=O)sc2S1. The second kappa shape index (κ2) is 5.57. The van der Waals surface area contributed by atoms with Gasteiger partial charge in [-0.25, -0.2) is 0 Å². The number of amides is 1. The molecule has 0 radical (unpaired) electrons. The molecule has 1 atom stereocenters. The van der Waals surface area contributed by atoms with Gasteiger partial charge < -0.3 is 5.32 Å². The van der Waals surface area contributed by atoms with Crippen molar-refractivity contribution in [3.8, 4) is 0 Å². The molecule has 2 rings (SSSR count). The maximum absolute atomic E-state index is 11.4. The number of carbonyl (C=O) groups is 1. The summed E-state index contributed by atoms with van der Waals surface area (Å²) in [6, 6.07) is 0. The smallest absolute Gasteiger partial charge is 0.289 e. The second-order valence-electron chi connectivity index (χ2n) is 3.24. The first-order valence-corrected chi connectivity index (χ1v) is 8.39. The lowest BCUT2D eigenvalue weighted by atomic mass is 10.3. The fourth-order valence-corrected chi connectivity index (χ4v) is 7.12. The third-order valence-electron chi connectivity index (χ3n) is 1.98. The largest absolute Gasteiger partial charge is 0.356 e. The van der Waals surface area contributed by atoms with Crippen LogP contribution in [0.3, 0.4) is 0 Å². The fraction of sp³-hybridized carbons (Fsp3) is 0.556. The molecule has 1 aliphatic rings. The van der Waals surface area contributed by atoms with Gasteiger partial charge >= 0.3 is 0 Å². The molecule has 16 heavy (non-hydrogen) atoms. The molecule has 1 N–H and O–H groups in total. The van der Waals surface area contributed by atoms with Gasteiger partial charge in [0.05, 0.1) is 8.42 Å². The van der Waals surface area contributed by atoms with Crippen LogP contribution in [-0.4, -0.2) is 23.5 Å². The number of carbonyl (C=O) groups excluding carboxylic acids is 1. The van der Waals surface area contributed by atoms with Gasteiger partial charge in [0, 0.05) is 24.0 Å². The molecule has 0 aliphatic carbocycles. The molecule has 2 heterocycles. The zero-order valence-electron chi connectivity index (χ0n) is 8.65. The summed E-state index contributed by atoms with van der Waals surface area (Å²) in [6.45, 7) is 2.60. The van der Waals surface area contributed by atoms with Crippen LogP contribution >= 0.6 is 46.2 Å². The molecule has 1 aromatic heterocycles. The molecule has 0 spiro atoms. The summed E-state index contributed by atoms with van der Waals surface area (Å²) in [4.78, 5) is 22.7. The normalized spacial score (nSPS) is 19.2. The van der Waals surface area contributed by atoms with Crippen molar-refractivity contribution in [2.45, 2.75) is 27.0 Å².